The van der Waals surface area contributed by atoms with Crippen LogP contribution in [-0.4, -0.2) is 0 Å². The van der Waals surface area contributed by atoms with Crippen LogP contribution >= 0.6 is 0 Å². The van der Waals surface area contributed by atoms with Crippen LogP contribution in [0.4, 0.5) is 0 Å². The molecule has 1 rings (SSSR count). The minimum absolute atomic E-state index is 1.18. The first-order valence-corrected chi connectivity index (χ1v) is 6.80. The number of allylic oxidation sites excluding steroid dienone is 6. The lowest BCUT2D eigenvalue weighted by Gasteiger charge is -2.10. The van der Waals surface area contributed by atoms with Crippen LogP contribution in [0, 0.1) is 13.8 Å². The van der Waals surface area contributed by atoms with Crippen molar-refractivity contribution in [1.82, 2.24) is 0 Å². The molecule has 102 valence electrons. The van der Waals surface area contributed by atoms with Gasteiger partial charge in [-0.1, -0.05) is 75.1 Å². The number of hydrogen-bond acceptors (Lipinski definition) is 0. The van der Waals surface area contributed by atoms with E-state index in [1.807, 2.05) is 26.0 Å². The van der Waals surface area contributed by atoms with Gasteiger partial charge >= 0.3 is 0 Å². The number of hydrogen-bond donors (Lipinski definition) is 0. The highest BCUT2D eigenvalue weighted by Crippen LogP contribution is 2.25. The highest BCUT2D eigenvalue weighted by Gasteiger charge is 2.04. The number of aryl methyl sites for hydroxylation is 2. The van der Waals surface area contributed by atoms with Gasteiger partial charge < -0.3 is 0 Å². The molecule has 0 bridgehead atoms. The molecular formula is C19H26. The molecule has 0 atom stereocenters. The van der Waals surface area contributed by atoms with E-state index in [0.717, 1.165) is 0 Å². The van der Waals surface area contributed by atoms with Crippen LogP contribution in [0.25, 0.3) is 5.57 Å². The third-order valence-electron chi connectivity index (χ3n) is 2.79. The molecule has 0 saturated carbocycles. The highest BCUT2D eigenvalue weighted by molar-refractivity contribution is 5.79. The molecule has 19 heavy (non-hydrogen) atoms. The van der Waals surface area contributed by atoms with Crippen molar-refractivity contribution >= 4 is 5.57 Å². The second kappa shape index (κ2) is 9.16. The second-order valence-electron chi connectivity index (χ2n) is 4.21. The third-order valence-corrected chi connectivity index (χ3v) is 2.79. The molecule has 0 fully saturated rings. The summed E-state index contributed by atoms with van der Waals surface area (Å²) in [5.74, 6) is 0. The fourth-order valence-corrected chi connectivity index (χ4v) is 1.81. The van der Waals surface area contributed by atoms with Gasteiger partial charge in [-0.05, 0) is 43.0 Å². The fraction of sp³-hybridized carbons (Fsp3) is 0.263. The average Bonchev–Trinajstić information content (AvgIpc) is 2.43. The summed E-state index contributed by atoms with van der Waals surface area (Å²) >= 11 is 0. The molecule has 0 radical (unpaired) electrons. The van der Waals surface area contributed by atoms with Crippen molar-refractivity contribution in [3.05, 3.63) is 77.9 Å². The second-order valence-corrected chi connectivity index (χ2v) is 4.21. The standard InChI is InChI=1S/C17H20.C2H6/c1-6-8-9-14(4)16(7-2)17-12-13(3)10-11-15(17)5;1-2/h6-12H,1-2H2,3-5H3;1-2H3/b9-8-,16-14+;. The smallest absolute Gasteiger partial charge is 0.0150 e. The zero-order chi connectivity index (χ0) is 14.8. The molecule has 0 aliphatic rings. The summed E-state index contributed by atoms with van der Waals surface area (Å²) in [5.41, 5.74) is 6.19. The van der Waals surface area contributed by atoms with E-state index in [1.54, 1.807) is 6.08 Å². The Hall–Kier alpha value is -1.82. The maximum Gasteiger partial charge on any atom is -0.0150 e. The number of benzene rings is 1. The fourth-order valence-electron chi connectivity index (χ4n) is 1.81. The summed E-state index contributed by atoms with van der Waals surface area (Å²) in [6.45, 7) is 17.9. The van der Waals surface area contributed by atoms with E-state index in [1.165, 1.54) is 27.8 Å². The molecule has 1 aromatic carbocycles. The summed E-state index contributed by atoms with van der Waals surface area (Å²) in [6, 6.07) is 6.49. The van der Waals surface area contributed by atoms with Crippen LogP contribution in [0.3, 0.4) is 0 Å². The third kappa shape index (κ3) is 5.13. The molecule has 0 unspecified atom stereocenters. The first-order chi connectivity index (χ1) is 9.10. The summed E-state index contributed by atoms with van der Waals surface area (Å²) in [5, 5.41) is 0. The van der Waals surface area contributed by atoms with Crippen molar-refractivity contribution in [3.8, 4) is 0 Å². The Balaban J connectivity index is 0.00000154. The van der Waals surface area contributed by atoms with Gasteiger partial charge in [-0.3, -0.25) is 0 Å². The van der Waals surface area contributed by atoms with Crippen LogP contribution in [0.1, 0.15) is 37.5 Å². The zero-order valence-corrected chi connectivity index (χ0v) is 13.0. The first kappa shape index (κ1) is 17.2. The van der Waals surface area contributed by atoms with E-state index < -0.39 is 0 Å². The molecule has 0 aromatic heterocycles. The quantitative estimate of drug-likeness (QED) is 0.575. The van der Waals surface area contributed by atoms with Gasteiger partial charge in [-0.15, -0.1) is 0 Å². The topological polar surface area (TPSA) is 0 Å². The number of rotatable bonds is 4. The molecule has 0 aliphatic carbocycles. The molecule has 0 heterocycles. The molecular weight excluding hydrogens is 228 g/mol. The largest absolute Gasteiger partial charge is 0.0991 e. The molecule has 1 aromatic rings. The Morgan fingerprint density at radius 2 is 1.74 bits per heavy atom. The van der Waals surface area contributed by atoms with Crippen molar-refractivity contribution in [2.24, 2.45) is 0 Å². The molecule has 0 amide bonds. The SMILES string of the molecule is C=C/C=C\C(C)=C(/C=C)c1cc(C)ccc1C.CC. The first-order valence-electron chi connectivity index (χ1n) is 6.80. The summed E-state index contributed by atoms with van der Waals surface area (Å²) < 4.78 is 0. The van der Waals surface area contributed by atoms with Crippen LogP contribution < -0.4 is 0 Å². The zero-order valence-electron chi connectivity index (χ0n) is 13.0. The van der Waals surface area contributed by atoms with E-state index in [-0.39, 0.29) is 0 Å². The molecule has 0 N–H and O–H groups in total. The van der Waals surface area contributed by atoms with Crippen molar-refractivity contribution in [1.29, 1.82) is 0 Å². The van der Waals surface area contributed by atoms with E-state index >= 15 is 0 Å². The highest BCUT2D eigenvalue weighted by atomic mass is 14.1. The van der Waals surface area contributed by atoms with Crippen molar-refractivity contribution in [2.45, 2.75) is 34.6 Å². The van der Waals surface area contributed by atoms with Crippen LogP contribution in [-0.2, 0) is 0 Å². The lowest BCUT2D eigenvalue weighted by Crippen LogP contribution is -1.90. The van der Waals surface area contributed by atoms with Gasteiger partial charge in [-0.25, -0.2) is 0 Å². The molecule has 0 nitrogen and oxygen atoms in total. The van der Waals surface area contributed by atoms with Gasteiger partial charge in [0.15, 0.2) is 0 Å². The normalized spacial score (nSPS) is 11.4. The minimum atomic E-state index is 1.18. The van der Waals surface area contributed by atoms with E-state index in [4.69, 9.17) is 0 Å². The van der Waals surface area contributed by atoms with Crippen LogP contribution in [0.2, 0.25) is 0 Å². The molecule has 0 aliphatic heterocycles. The Morgan fingerprint density at radius 1 is 1.11 bits per heavy atom. The lowest BCUT2D eigenvalue weighted by molar-refractivity contribution is 1.35. The Labute approximate surface area is 118 Å². The van der Waals surface area contributed by atoms with Crippen molar-refractivity contribution < 1.29 is 0 Å². The van der Waals surface area contributed by atoms with Crippen LogP contribution in [0.5, 0.6) is 0 Å². The van der Waals surface area contributed by atoms with E-state index in [2.05, 4.69) is 58.2 Å². The monoisotopic (exact) mass is 254 g/mol. The van der Waals surface area contributed by atoms with Gasteiger partial charge in [0.2, 0.25) is 0 Å². The predicted octanol–water partition coefficient (Wildman–Crippen LogP) is 6.03. The molecule has 0 heteroatoms. The maximum atomic E-state index is 3.92. The summed E-state index contributed by atoms with van der Waals surface area (Å²) in [6.07, 6.45) is 7.72. The average molecular weight is 254 g/mol. The van der Waals surface area contributed by atoms with Gasteiger partial charge in [0.25, 0.3) is 0 Å². The van der Waals surface area contributed by atoms with Crippen LogP contribution in [0.15, 0.2) is 61.2 Å². The summed E-state index contributed by atoms with van der Waals surface area (Å²) in [7, 11) is 0. The van der Waals surface area contributed by atoms with Gasteiger partial charge in [-0.2, -0.15) is 0 Å². The maximum absolute atomic E-state index is 3.92. The minimum Gasteiger partial charge on any atom is -0.0991 e. The van der Waals surface area contributed by atoms with E-state index in [9.17, 15) is 0 Å². The van der Waals surface area contributed by atoms with Crippen molar-refractivity contribution in [2.75, 3.05) is 0 Å². The van der Waals surface area contributed by atoms with Gasteiger partial charge in [0.1, 0.15) is 0 Å². The Morgan fingerprint density at radius 3 is 2.26 bits per heavy atom. The van der Waals surface area contributed by atoms with Crippen molar-refractivity contribution in [3.63, 3.8) is 0 Å². The lowest BCUT2D eigenvalue weighted by atomic mass is 9.95. The molecule has 0 saturated heterocycles. The Kier molecular flexibility index (Phi) is 8.28. The van der Waals surface area contributed by atoms with Gasteiger partial charge in [0.05, 0.1) is 0 Å². The molecule has 0 spiro atoms. The predicted molar refractivity (Wildman–Crippen MR) is 89.4 cm³/mol. The summed E-state index contributed by atoms with van der Waals surface area (Å²) in [4.78, 5) is 0. The van der Waals surface area contributed by atoms with E-state index in [0.29, 0.717) is 0 Å². The van der Waals surface area contributed by atoms with Gasteiger partial charge in [0, 0.05) is 0 Å². The Bertz CT molecular complexity index is 485.